The Labute approximate surface area is 176 Å². The first-order chi connectivity index (χ1) is 14.7. The van der Waals surface area contributed by atoms with Gasteiger partial charge in [-0.25, -0.2) is 4.79 Å². The molecule has 2 aromatic rings. The molecule has 1 N–H and O–H groups in total. The van der Waals surface area contributed by atoms with Gasteiger partial charge in [0.2, 0.25) is 5.91 Å². The Balaban J connectivity index is 1.57. The van der Waals surface area contributed by atoms with E-state index in [1.807, 2.05) is 0 Å². The van der Waals surface area contributed by atoms with Crippen molar-refractivity contribution in [3.63, 3.8) is 0 Å². The fourth-order valence-electron chi connectivity index (χ4n) is 4.08. The van der Waals surface area contributed by atoms with Gasteiger partial charge in [0.1, 0.15) is 18.4 Å². The Morgan fingerprint density at radius 1 is 1.03 bits per heavy atom. The van der Waals surface area contributed by atoms with Crippen molar-refractivity contribution in [2.24, 2.45) is 0 Å². The van der Waals surface area contributed by atoms with E-state index in [0.717, 1.165) is 17.7 Å². The summed E-state index contributed by atoms with van der Waals surface area (Å²) in [5, 5.41) is 9.34. The van der Waals surface area contributed by atoms with Crippen LogP contribution in [0, 0.1) is 0 Å². The first kappa shape index (κ1) is 21.0. The molecule has 0 saturated carbocycles. The number of rotatable bonds is 2. The molecule has 2 amide bonds. The zero-order valence-electron chi connectivity index (χ0n) is 16.6. The summed E-state index contributed by atoms with van der Waals surface area (Å²) in [7, 11) is 0. The lowest BCUT2D eigenvalue weighted by Crippen LogP contribution is -2.47. The molecule has 1 fully saturated rings. The number of carbonyl (C=O) groups is 2. The first-order valence-corrected chi connectivity index (χ1v) is 9.96. The maximum atomic E-state index is 13.0. The number of amides is 2. The van der Waals surface area contributed by atoms with Gasteiger partial charge in [0.25, 0.3) is 0 Å². The van der Waals surface area contributed by atoms with Crippen LogP contribution in [0.4, 0.5) is 18.0 Å². The van der Waals surface area contributed by atoms with E-state index >= 15 is 0 Å². The molecule has 0 bridgehead atoms. The average molecular weight is 434 g/mol. The summed E-state index contributed by atoms with van der Waals surface area (Å²) in [4.78, 5) is 27.2. The van der Waals surface area contributed by atoms with Gasteiger partial charge in [0.05, 0.1) is 12.1 Å². The summed E-state index contributed by atoms with van der Waals surface area (Å²) in [5.74, 6) is 0.351. The highest BCUT2D eigenvalue weighted by atomic mass is 19.4. The van der Waals surface area contributed by atoms with Crippen molar-refractivity contribution in [2.45, 2.75) is 31.6 Å². The monoisotopic (exact) mass is 434 g/mol. The third kappa shape index (κ3) is 4.30. The Morgan fingerprint density at radius 2 is 1.74 bits per heavy atom. The van der Waals surface area contributed by atoms with Crippen molar-refractivity contribution in [1.82, 2.24) is 9.80 Å². The topological polar surface area (TPSA) is 70.1 Å². The zero-order chi connectivity index (χ0) is 22.2. The molecule has 0 spiro atoms. The SMILES string of the molecule is O=C(C1CCCN1C(=O)O)N1CCOc2ccc(-c3ccc(C(F)(F)F)cc3)cc2C1. The molecular weight excluding hydrogens is 413 g/mol. The molecule has 1 saturated heterocycles. The van der Waals surface area contributed by atoms with Gasteiger partial charge >= 0.3 is 12.3 Å². The highest BCUT2D eigenvalue weighted by Crippen LogP contribution is 2.33. The fraction of sp³-hybridized carbons (Fsp3) is 0.364. The summed E-state index contributed by atoms with van der Waals surface area (Å²) >= 11 is 0. The predicted octanol–water partition coefficient (Wildman–Crippen LogP) is 4.24. The van der Waals surface area contributed by atoms with Crippen LogP contribution in [0.2, 0.25) is 0 Å². The molecule has 2 heterocycles. The van der Waals surface area contributed by atoms with Gasteiger partial charge in [-0.3, -0.25) is 9.69 Å². The maximum absolute atomic E-state index is 13.0. The van der Waals surface area contributed by atoms with Crippen molar-refractivity contribution >= 4 is 12.0 Å². The number of halogens is 3. The molecule has 9 heteroatoms. The van der Waals surface area contributed by atoms with Gasteiger partial charge in [-0.05, 0) is 48.2 Å². The first-order valence-electron chi connectivity index (χ1n) is 9.96. The van der Waals surface area contributed by atoms with Gasteiger partial charge in [-0.15, -0.1) is 0 Å². The zero-order valence-corrected chi connectivity index (χ0v) is 16.6. The standard InChI is InChI=1S/C22H21F3N2O4/c23-22(24,25)17-6-3-14(4-7-17)15-5-8-19-16(12-15)13-26(10-11-31-19)20(28)18-2-1-9-27(18)21(29)30/h3-8,12,18H,1-2,9-11,13H2,(H,29,30). The number of fused-ring (bicyclic) bond motifs is 1. The second-order valence-corrected chi connectivity index (χ2v) is 7.64. The average Bonchev–Trinajstić information content (AvgIpc) is 3.13. The van der Waals surface area contributed by atoms with Crippen LogP contribution < -0.4 is 4.74 Å². The Hall–Kier alpha value is -3.23. The number of hydrogen-bond acceptors (Lipinski definition) is 3. The van der Waals surface area contributed by atoms with E-state index in [1.165, 1.54) is 17.0 Å². The lowest BCUT2D eigenvalue weighted by Gasteiger charge is -2.27. The quantitative estimate of drug-likeness (QED) is 0.768. The molecular formula is C22H21F3N2O4. The molecule has 0 aliphatic carbocycles. The van der Waals surface area contributed by atoms with Crippen LogP contribution in [0.15, 0.2) is 42.5 Å². The van der Waals surface area contributed by atoms with Crippen molar-refractivity contribution in [3.05, 3.63) is 53.6 Å². The van der Waals surface area contributed by atoms with Gasteiger partial charge in [-0.1, -0.05) is 18.2 Å². The molecule has 31 heavy (non-hydrogen) atoms. The molecule has 6 nitrogen and oxygen atoms in total. The fourth-order valence-corrected chi connectivity index (χ4v) is 4.08. The van der Waals surface area contributed by atoms with Crippen LogP contribution in [-0.4, -0.2) is 52.6 Å². The molecule has 0 radical (unpaired) electrons. The molecule has 2 aromatic carbocycles. The van der Waals surface area contributed by atoms with E-state index in [4.69, 9.17) is 4.74 Å². The predicted molar refractivity (Wildman–Crippen MR) is 106 cm³/mol. The molecule has 164 valence electrons. The second-order valence-electron chi connectivity index (χ2n) is 7.64. The van der Waals surface area contributed by atoms with Crippen LogP contribution in [0.3, 0.4) is 0 Å². The third-order valence-corrected chi connectivity index (χ3v) is 5.68. The number of alkyl halides is 3. The molecule has 1 unspecified atom stereocenters. The summed E-state index contributed by atoms with van der Waals surface area (Å²) in [5.41, 5.74) is 1.33. The van der Waals surface area contributed by atoms with E-state index in [2.05, 4.69) is 0 Å². The molecule has 0 aromatic heterocycles. The van der Waals surface area contributed by atoms with Crippen molar-refractivity contribution in [3.8, 4) is 16.9 Å². The smallest absolute Gasteiger partial charge is 0.416 e. The molecule has 1 atom stereocenters. The maximum Gasteiger partial charge on any atom is 0.416 e. The Bertz CT molecular complexity index is 991. The summed E-state index contributed by atoms with van der Waals surface area (Å²) < 4.78 is 44.2. The van der Waals surface area contributed by atoms with E-state index in [0.29, 0.717) is 42.8 Å². The number of hydrogen-bond donors (Lipinski definition) is 1. The van der Waals surface area contributed by atoms with Crippen molar-refractivity contribution in [2.75, 3.05) is 19.7 Å². The summed E-state index contributed by atoms with van der Waals surface area (Å²) in [6.07, 6.45) is -4.37. The summed E-state index contributed by atoms with van der Waals surface area (Å²) in [6.45, 7) is 1.18. The van der Waals surface area contributed by atoms with Crippen LogP contribution in [0.25, 0.3) is 11.1 Å². The Kier molecular flexibility index (Phi) is 5.51. The molecule has 4 rings (SSSR count). The van der Waals surface area contributed by atoms with E-state index in [9.17, 15) is 27.9 Å². The minimum atomic E-state index is -4.40. The van der Waals surface area contributed by atoms with E-state index in [-0.39, 0.29) is 19.1 Å². The van der Waals surface area contributed by atoms with Crippen molar-refractivity contribution in [1.29, 1.82) is 0 Å². The van der Waals surface area contributed by atoms with Gasteiger partial charge < -0.3 is 14.7 Å². The van der Waals surface area contributed by atoms with Crippen LogP contribution in [-0.2, 0) is 17.5 Å². The largest absolute Gasteiger partial charge is 0.491 e. The number of ether oxygens (including phenoxy) is 1. The minimum absolute atomic E-state index is 0.243. The van der Waals surface area contributed by atoms with Crippen LogP contribution in [0.5, 0.6) is 5.75 Å². The normalized spacial score (nSPS) is 18.9. The van der Waals surface area contributed by atoms with Crippen LogP contribution in [0.1, 0.15) is 24.0 Å². The van der Waals surface area contributed by atoms with Gasteiger partial charge in [0, 0.05) is 18.7 Å². The number of benzene rings is 2. The highest BCUT2D eigenvalue weighted by molar-refractivity contribution is 5.86. The number of carbonyl (C=O) groups excluding carboxylic acids is 1. The van der Waals surface area contributed by atoms with E-state index < -0.39 is 23.9 Å². The van der Waals surface area contributed by atoms with Gasteiger partial charge in [0.15, 0.2) is 0 Å². The number of nitrogens with zero attached hydrogens (tertiary/aromatic N) is 2. The lowest BCUT2D eigenvalue weighted by molar-refractivity contribution is -0.137. The lowest BCUT2D eigenvalue weighted by atomic mass is 10.0. The third-order valence-electron chi connectivity index (χ3n) is 5.68. The Morgan fingerprint density at radius 3 is 2.42 bits per heavy atom. The van der Waals surface area contributed by atoms with Crippen molar-refractivity contribution < 1.29 is 32.6 Å². The highest BCUT2D eigenvalue weighted by Gasteiger charge is 2.37. The van der Waals surface area contributed by atoms with Crippen LogP contribution >= 0.6 is 0 Å². The number of likely N-dealkylation sites (tertiary alicyclic amines) is 1. The minimum Gasteiger partial charge on any atom is -0.491 e. The number of carboxylic acid groups (broad SMARTS) is 1. The summed E-state index contributed by atoms with van der Waals surface area (Å²) in [6, 6.07) is 9.51. The van der Waals surface area contributed by atoms with E-state index in [1.54, 1.807) is 23.1 Å². The molecule has 2 aliphatic heterocycles. The molecule has 2 aliphatic rings. The van der Waals surface area contributed by atoms with Gasteiger partial charge in [-0.2, -0.15) is 13.2 Å². The second kappa shape index (κ2) is 8.13.